The second-order valence-electron chi connectivity index (χ2n) is 8.22. The van der Waals surface area contributed by atoms with E-state index in [1.807, 2.05) is 31.5 Å². The van der Waals surface area contributed by atoms with Gasteiger partial charge in [-0.1, -0.05) is 91.0 Å². The third kappa shape index (κ3) is 3.42. The van der Waals surface area contributed by atoms with Crippen molar-refractivity contribution in [3.8, 4) is 0 Å². The summed E-state index contributed by atoms with van der Waals surface area (Å²) in [6.07, 6.45) is 4.81. The lowest BCUT2D eigenvalue weighted by Gasteiger charge is -2.37. The lowest BCUT2D eigenvalue weighted by Crippen LogP contribution is -2.36. The van der Waals surface area contributed by atoms with Crippen LogP contribution in [-0.2, 0) is 15.1 Å². The molecule has 1 saturated carbocycles. The number of benzene rings is 3. The zero-order valence-corrected chi connectivity index (χ0v) is 18.1. The number of hydrogen-bond acceptors (Lipinski definition) is 3. The number of hydrogen-bond donors (Lipinski definition) is 0. The van der Waals surface area contributed by atoms with Gasteiger partial charge in [0.05, 0.1) is 24.5 Å². The topological polar surface area (TPSA) is 44.1 Å². The Morgan fingerprint density at radius 2 is 1.41 bits per heavy atom. The monoisotopic (exact) mass is 422 g/mol. The van der Waals surface area contributed by atoms with E-state index in [0.29, 0.717) is 6.61 Å². The number of carbonyl (C=O) groups excluding carboxylic acids is 1. The number of rotatable bonds is 7. The summed E-state index contributed by atoms with van der Waals surface area (Å²) >= 11 is 0. The van der Waals surface area contributed by atoms with Crippen molar-refractivity contribution in [3.63, 3.8) is 0 Å². The third-order valence-corrected chi connectivity index (χ3v) is 6.32. The summed E-state index contributed by atoms with van der Waals surface area (Å²) in [4.78, 5) is 17.0. The van der Waals surface area contributed by atoms with Gasteiger partial charge in [0, 0.05) is 12.1 Å². The van der Waals surface area contributed by atoms with Gasteiger partial charge in [0.2, 0.25) is 0 Å². The molecule has 1 fully saturated rings. The maximum atomic E-state index is 12.2. The molecule has 4 heteroatoms. The van der Waals surface area contributed by atoms with Gasteiger partial charge in [-0.3, -0.25) is 4.79 Å². The molecule has 2 atom stereocenters. The summed E-state index contributed by atoms with van der Waals surface area (Å²) in [7, 11) is 0. The average molecular weight is 423 g/mol. The quantitative estimate of drug-likeness (QED) is 0.296. The largest absolute Gasteiger partial charge is 0.466 e. The Balaban J connectivity index is 1.67. The van der Waals surface area contributed by atoms with E-state index in [1.54, 1.807) is 0 Å². The van der Waals surface area contributed by atoms with Crippen LogP contribution in [0.5, 0.6) is 0 Å². The second-order valence-corrected chi connectivity index (χ2v) is 8.22. The molecule has 0 amide bonds. The van der Waals surface area contributed by atoms with E-state index >= 15 is 0 Å². The minimum absolute atomic E-state index is 0.0853. The van der Waals surface area contributed by atoms with Gasteiger partial charge in [0.15, 0.2) is 0 Å². The molecule has 1 aromatic heterocycles. The van der Waals surface area contributed by atoms with Gasteiger partial charge >= 0.3 is 5.97 Å². The molecule has 5 rings (SSSR count). The van der Waals surface area contributed by atoms with Gasteiger partial charge in [-0.2, -0.15) is 0 Å². The molecule has 1 heterocycles. The van der Waals surface area contributed by atoms with E-state index in [0.717, 1.165) is 28.8 Å². The van der Waals surface area contributed by atoms with Crippen LogP contribution in [0.2, 0.25) is 0 Å². The highest BCUT2D eigenvalue weighted by molar-refractivity contribution is 5.77. The molecule has 1 aliphatic rings. The summed E-state index contributed by atoms with van der Waals surface area (Å²) in [5.74, 6) is -0.0827. The van der Waals surface area contributed by atoms with Crippen molar-refractivity contribution in [2.45, 2.75) is 24.8 Å². The fourth-order valence-corrected chi connectivity index (χ4v) is 4.73. The molecule has 0 bridgehead atoms. The molecule has 0 aliphatic heterocycles. The third-order valence-electron chi connectivity index (χ3n) is 6.32. The van der Waals surface area contributed by atoms with Gasteiger partial charge in [0.1, 0.15) is 5.54 Å². The van der Waals surface area contributed by atoms with Crippen molar-refractivity contribution in [2.24, 2.45) is 5.92 Å². The van der Waals surface area contributed by atoms with Crippen molar-refractivity contribution >= 4 is 5.97 Å². The van der Waals surface area contributed by atoms with Gasteiger partial charge in [-0.25, -0.2) is 4.98 Å². The molecule has 160 valence electrons. The molecular weight excluding hydrogens is 396 g/mol. The van der Waals surface area contributed by atoms with Crippen molar-refractivity contribution < 1.29 is 9.53 Å². The number of nitrogens with zero attached hydrogens (tertiary/aromatic N) is 2. The Kier molecular flexibility index (Phi) is 5.36. The molecule has 4 nitrogen and oxygen atoms in total. The lowest BCUT2D eigenvalue weighted by atomic mass is 9.77. The Hall–Kier alpha value is -3.66. The van der Waals surface area contributed by atoms with Crippen LogP contribution in [0, 0.1) is 5.92 Å². The summed E-state index contributed by atoms with van der Waals surface area (Å²) in [5, 5.41) is 0. The van der Waals surface area contributed by atoms with Crippen LogP contribution < -0.4 is 0 Å². The molecule has 0 radical (unpaired) electrons. The highest BCUT2D eigenvalue weighted by Crippen LogP contribution is 2.49. The minimum Gasteiger partial charge on any atom is -0.466 e. The first-order chi connectivity index (χ1) is 15.7. The van der Waals surface area contributed by atoms with E-state index < -0.39 is 5.54 Å². The normalized spacial score (nSPS) is 17.7. The Morgan fingerprint density at radius 3 is 1.88 bits per heavy atom. The van der Waals surface area contributed by atoms with Crippen LogP contribution in [0.25, 0.3) is 0 Å². The van der Waals surface area contributed by atoms with E-state index in [-0.39, 0.29) is 17.8 Å². The first kappa shape index (κ1) is 20.3. The summed E-state index contributed by atoms with van der Waals surface area (Å²) in [6.45, 7) is 2.26. The van der Waals surface area contributed by atoms with Crippen molar-refractivity contribution in [1.29, 1.82) is 0 Å². The predicted molar refractivity (Wildman–Crippen MR) is 124 cm³/mol. The lowest BCUT2D eigenvalue weighted by molar-refractivity contribution is -0.144. The van der Waals surface area contributed by atoms with E-state index in [1.165, 1.54) is 0 Å². The van der Waals surface area contributed by atoms with Gasteiger partial charge in [0.25, 0.3) is 0 Å². The van der Waals surface area contributed by atoms with Gasteiger partial charge in [-0.05, 0) is 30.0 Å². The molecule has 0 spiro atoms. The zero-order valence-electron chi connectivity index (χ0n) is 18.1. The molecule has 1 aliphatic carbocycles. The standard InChI is InChI=1S/C28H26N2O2/c1-2-32-27(31)25-18-24(25)26-19-30(20-29-26)28(21-12-6-3-7-13-21,22-14-8-4-9-15-22)23-16-10-5-11-17-23/h3-17,19-20,24-25H,2,18H2,1H3/t24-,25-/m1/s1. The molecular formula is C28H26N2O2. The van der Waals surface area contributed by atoms with Gasteiger partial charge in [-0.15, -0.1) is 0 Å². The SMILES string of the molecule is CCOC(=O)[C@@H]1C[C@H]1c1cn(C(c2ccccc2)(c2ccccc2)c2ccccc2)cn1. The van der Waals surface area contributed by atoms with E-state index in [2.05, 4.69) is 83.6 Å². The van der Waals surface area contributed by atoms with Crippen LogP contribution in [0.1, 0.15) is 41.6 Å². The van der Waals surface area contributed by atoms with Crippen molar-refractivity contribution in [3.05, 3.63) is 126 Å². The van der Waals surface area contributed by atoms with Crippen LogP contribution in [0.4, 0.5) is 0 Å². The van der Waals surface area contributed by atoms with Crippen molar-refractivity contribution in [2.75, 3.05) is 6.61 Å². The molecule has 0 unspecified atom stereocenters. The van der Waals surface area contributed by atoms with Crippen molar-refractivity contribution in [1.82, 2.24) is 9.55 Å². The number of esters is 1. The number of imidazole rings is 1. The smallest absolute Gasteiger partial charge is 0.309 e. The molecule has 32 heavy (non-hydrogen) atoms. The first-order valence-corrected chi connectivity index (χ1v) is 11.1. The molecule has 3 aromatic carbocycles. The highest BCUT2D eigenvalue weighted by atomic mass is 16.5. The number of aromatic nitrogens is 2. The Bertz CT molecular complexity index is 1090. The average Bonchev–Trinajstić information content (AvgIpc) is 3.51. The molecule has 0 saturated heterocycles. The fraction of sp³-hybridized carbons (Fsp3) is 0.214. The Morgan fingerprint density at radius 1 is 0.906 bits per heavy atom. The summed E-state index contributed by atoms with van der Waals surface area (Å²) < 4.78 is 7.42. The number of ether oxygens (including phenoxy) is 1. The second kappa shape index (κ2) is 8.46. The highest BCUT2D eigenvalue weighted by Gasteiger charge is 2.47. The zero-order chi connectivity index (χ0) is 22.0. The van der Waals surface area contributed by atoms with Crippen LogP contribution >= 0.6 is 0 Å². The van der Waals surface area contributed by atoms with E-state index in [4.69, 9.17) is 9.72 Å². The fourth-order valence-electron chi connectivity index (χ4n) is 4.73. The van der Waals surface area contributed by atoms with Crippen LogP contribution in [-0.4, -0.2) is 22.1 Å². The maximum Gasteiger partial charge on any atom is 0.309 e. The summed E-state index contributed by atoms with van der Waals surface area (Å²) in [5.41, 5.74) is 3.82. The number of carbonyl (C=O) groups is 1. The van der Waals surface area contributed by atoms with Crippen LogP contribution in [0.3, 0.4) is 0 Å². The Labute approximate surface area is 188 Å². The maximum absolute atomic E-state index is 12.2. The van der Waals surface area contributed by atoms with Gasteiger partial charge < -0.3 is 9.30 Å². The van der Waals surface area contributed by atoms with E-state index in [9.17, 15) is 4.79 Å². The first-order valence-electron chi connectivity index (χ1n) is 11.1. The van der Waals surface area contributed by atoms with Crippen LogP contribution in [0.15, 0.2) is 104 Å². The predicted octanol–water partition coefficient (Wildman–Crippen LogP) is 5.39. The minimum atomic E-state index is -0.580. The molecule has 0 N–H and O–H groups in total. The molecule has 4 aromatic rings. The summed E-state index contributed by atoms with van der Waals surface area (Å²) in [6, 6.07) is 31.6.